The van der Waals surface area contributed by atoms with E-state index in [0.29, 0.717) is 44.7 Å². The van der Waals surface area contributed by atoms with Crippen LogP contribution in [0.3, 0.4) is 0 Å². The lowest BCUT2D eigenvalue weighted by atomic mass is 10.1. The van der Waals surface area contributed by atoms with Crippen LogP contribution in [0.15, 0.2) is 77.3 Å². The van der Waals surface area contributed by atoms with Crippen LogP contribution in [0.1, 0.15) is 34.6 Å². The Hall–Kier alpha value is -4.30. The molecule has 4 rings (SSSR count). The van der Waals surface area contributed by atoms with Gasteiger partial charge in [-0.1, -0.05) is 47.1 Å². The standard InChI is InChI=1S/C26H22ClN3O5/c1-15-23(29-26(33)34-16(2)19-7-3-5-9-21(19)27)24(35-30-15)17-11-13-18(14-12-17)28-22-10-6-4-8-20(22)25(31)32/h3-14,16,28H,1-2H3,(H,29,33)(H,31,32). The third-order valence-electron chi connectivity index (χ3n) is 5.30. The second-order valence-electron chi connectivity index (χ2n) is 7.72. The number of carboxylic acids is 1. The topological polar surface area (TPSA) is 114 Å². The first-order valence-electron chi connectivity index (χ1n) is 10.7. The minimum absolute atomic E-state index is 0.165. The minimum atomic E-state index is -1.02. The van der Waals surface area contributed by atoms with Crippen LogP contribution in [-0.2, 0) is 4.74 Å². The Morgan fingerprint density at radius 1 is 1.03 bits per heavy atom. The van der Waals surface area contributed by atoms with Gasteiger partial charge in [-0.25, -0.2) is 9.59 Å². The molecule has 3 N–H and O–H groups in total. The number of anilines is 3. The van der Waals surface area contributed by atoms with Gasteiger partial charge >= 0.3 is 12.1 Å². The van der Waals surface area contributed by atoms with E-state index >= 15 is 0 Å². The summed E-state index contributed by atoms with van der Waals surface area (Å²) in [6, 6.07) is 20.9. The molecule has 0 bridgehead atoms. The van der Waals surface area contributed by atoms with Gasteiger partial charge in [0.15, 0.2) is 5.76 Å². The van der Waals surface area contributed by atoms with E-state index < -0.39 is 18.2 Å². The maximum absolute atomic E-state index is 12.6. The maximum Gasteiger partial charge on any atom is 0.412 e. The second-order valence-corrected chi connectivity index (χ2v) is 8.13. The van der Waals surface area contributed by atoms with Crippen LogP contribution in [0.4, 0.5) is 21.9 Å². The molecule has 1 aromatic heterocycles. The molecule has 0 aliphatic carbocycles. The van der Waals surface area contributed by atoms with Crippen molar-refractivity contribution in [2.24, 2.45) is 0 Å². The van der Waals surface area contributed by atoms with Gasteiger partial charge in [-0.15, -0.1) is 0 Å². The molecule has 9 heteroatoms. The van der Waals surface area contributed by atoms with Gasteiger partial charge in [0.2, 0.25) is 0 Å². The molecule has 4 aromatic rings. The molecule has 1 unspecified atom stereocenters. The van der Waals surface area contributed by atoms with E-state index in [-0.39, 0.29) is 5.56 Å². The molecule has 0 saturated carbocycles. The van der Waals surface area contributed by atoms with E-state index in [0.717, 1.165) is 0 Å². The molecule has 178 valence electrons. The van der Waals surface area contributed by atoms with Crippen LogP contribution in [0, 0.1) is 6.92 Å². The summed E-state index contributed by atoms with van der Waals surface area (Å²) in [4.78, 5) is 24.0. The van der Waals surface area contributed by atoms with Crippen molar-refractivity contribution in [2.75, 3.05) is 10.6 Å². The number of benzene rings is 3. The van der Waals surface area contributed by atoms with Crippen molar-refractivity contribution < 1.29 is 24.0 Å². The Kier molecular flexibility index (Phi) is 7.03. The Morgan fingerprint density at radius 3 is 2.43 bits per heavy atom. The SMILES string of the molecule is Cc1noc(-c2ccc(Nc3ccccc3C(=O)O)cc2)c1NC(=O)OC(C)c1ccccc1Cl. The molecular formula is C26H22ClN3O5. The van der Waals surface area contributed by atoms with Gasteiger partial charge < -0.3 is 19.7 Å². The van der Waals surface area contributed by atoms with Crippen LogP contribution < -0.4 is 10.6 Å². The summed E-state index contributed by atoms with van der Waals surface area (Å²) in [6.45, 7) is 3.44. The van der Waals surface area contributed by atoms with Crippen molar-refractivity contribution in [2.45, 2.75) is 20.0 Å². The Morgan fingerprint density at radius 2 is 1.71 bits per heavy atom. The van der Waals surface area contributed by atoms with Gasteiger partial charge in [-0.2, -0.15) is 0 Å². The number of amides is 1. The van der Waals surface area contributed by atoms with E-state index in [2.05, 4.69) is 15.8 Å². The maximum atomic E-state index is 12.6. The molecule has 1 amide bonds. The first kappa shape index (κ1) is 23.8. The summed E-state index contributed by atoms with van der Waals surface area (Å²) in [5.74, 6) is -0.657. The molecule has 0 radical (unpaired) electrons. The van der Waals surface area contributed by atoms with Crippen molar-refractivity contribution >= 4 is 40.7 Å². The number of carboxylic acid groups (broad SMARTS) is 1. The Bertz CT molecular complexity index is 1370. The highest BCUT2D eigenvalue weighted by atomic mass is 35.5. The highest BCUT2D eigenvalue weighted by molar-refractivity contribution is 6.31. The number of ether oxygens (including phenoxy) is 1. The molecule has 3 aromatic carbocycles. The molecule has 0 aliphatic heterocycles. The third-order valence-corrected chi connectivity index (χ3v) is 5.64. The number of rotatable bonds is 7. The fourth-order valence-electron chi connectivity index (χ4n) is 3.51. The molecule has 8 nitrogen and oxygen atoms in total. The van der Waals surface area contributed by atoms with Crippen molar-refractivity contribution in [3.8, 4) is 11.3 Å². The third kappa shape index (κ3) is 5.44. The number of aromatic nitrogens is 1. The lowest BCUT2D eigenvalue weighted by molar-refractivity contribution is 0.0698. The predicted molar refractivity (Wildman–Crippen MR) is 133 cm³/mol. The molecule has 1 heterocycles. The molecule has 0 aliphatic rings. The summed E-state index contributed by atoms with van der Waals surface area (Å²) < 4.78 is 11.0. The molecular weight excluding hydrogens is 470 g/mol. The molecule has 1 atom stereocenters. The minimum Gasteiger partial charge on any atom is -0.478 e. The number of hydrogen-bond donors (Lipinski definition) is 3. The fourth-order valence-corrected chi connectivity index (χ4v) is 3.80. The molecule has 0 fully saturated rings. The largest absolute Gasteiger partial charge is 0.478 e. The number of carbonyl (C=O) groups is 2. The number of carbonyl (C=O) groups excluding carboxylic acids is 1. The molecule has 35 heavy (non-hydrogen) atoms. The van der Waals surface area contributed by atoms with E-state index in [1.807, 2.05) is 6.07 Å². The van der Waals surface area contributed by atoms with Crippen LogP contribution in [-0.4, -0.2) is 22.3 Å². The highest BCUT2D eigenvalue weighted by Crippen LogP contribution is 2.33. The number of nitrogens with zero attached hydrogens (tertiary/aromatic N) is 1. The number of para-hydroxylation sites is 1. The van der Waals surface area contributed by atoms with Gasteiger partial charge in [0.25, 0.3) is 0 Å². The van der Waals surface area contributed by atoms with Crippen molar-refractivity contribution in [3.05, 3.63) is 94.6 Å². The summed E-state index contributed by atoms with van der Waals surface area (Å²) in [5.41, 5.74) is 3.55. The van der Waals surface area contributed by atoms with Crippen LogP contribution in [0.5, 0.6) is 0 Å². The van der Waals surface area contributed by atoms with Crippen LogP contribution >= 0.6 is 11.6 Å². The predicted octanol–water partition coefficient (Wildman–Crippen LogP) is 7.05. The van der Waals surface area contributed by atoms with E-state index in [1.54, 1.807) is 74.5 Å². The zero-order chi connectivity index (χ0) is 24.9. The number of nitrogens with one attached hydrogen (secondary N) is 2. The molecule has 0 spiro atoms. The first-order valence-corrected chi connectivity index (χ1v) is 11.1. The number of hydrogen-bond acceptors (Lipinski definition) is 6. The van der Waals surface area contributed by atoms with E-state index in [9.17, 15) is 14.7 Å². The zero-order valence-electron chi connectivity index (χ0n) is 18.9. The Balaban J connectivity index is 1.49. The average Bonchev–Trinajstić information content (AvgIpc) is 3.19. The molecule has 0 saturated heterocycles. The van der Waals surface area contributed by atoms with Crippen LogP contribution in [0.25, 0.3) is 11.3 Å². The van der Waals surface area contributed by atoms with Crippen molar-refractivity contribution in [1.29, 1.82) is 0 Å². The Labute approximate surface area is 206 Å². The zero-order valence-corrected chi connectivity index (χ0v) is 19.7. The summed E-state index contributed by atoms with van der Waals surface area (Å²) in [6.07, 6.45) is -1.24. The smallest absolute Gasteiger partial charge is 0.412 e. The lowest BCUT2D eigenvalue weighted by Gasteiger charge is -2.15. The summed E-state index contributed by atoms with van der Waals surface area (Å²) in [5, 5.41) is 19.7. The van der Waals surface area contributed by atoms with E-state index in [4.69, 9.17) is 20.9 Å². The number of aryl methyl sites for hydroxylation is 1. The van der Waals surface area contributed by atoms with Crippen LogP contribution in [0.2, 0.25) is 5.02 Å². The van der Waals surface area contributed by atoms with Gasteiger partial charge in [-0.05, 0) is 56.3 Å². The monoisotopic (exact) mass is 491 g/mol. The second kappa shape index (κ2) is 10.3. The lowest BCUT2D eigenvalue weighted by Crippen LogP contribution is -2.17. The van der Waals surface area contributed by atoms with Crippen molar-refractivity contribution in [1.82, 2.24) is 5.16 Å². The fraction of sp³-hybridized carbons (Fsp3) is 0.115. The quantitative estimate of drug-likeness (QED) is 0.253. The summed E-state index contributed by atoms with van der Waals surface area (Å²) in [7, 11) is 0. The van der Waals surface area contributed by atoms with Gasteiger partial charge in [0.1, 0.15) is 17.5 Å². The van der Waals surface area contributed by atoms with E-state index in [1.165, 1.54) is 6.07 Å². The normalized spacial score (nSPS) is 11.5. The first-order chi connectivity index (χ1) is 16.8. The van der Waals surface area contributed by atoms with Gasteiger partial charge in [0.05, 0.1) is 11.3 Å². The van der Waals surface area contributed by atoms with Crippen molar-refractivity contribution in [3.63, 3.8) is 0 Å². The number of aromatic carboxylic acids is 1. The van der Waals surface area contributed by atoms with Gasteiger partial charge in [-0.3, -0.25) is 5.32 Å². The van der Waals surface area contributed by atoms with Gasteiger partial charge in [0, 0.05) is 21.8 Å². The average molecular weight is 492 g/mol. The highest BCUT2D eigenvalue weighted by Gasteiger charge is 2.20. The number of halogens is 1. The summed E-state index contributed by atoms with van der Waals surface area (Å²) >= 11 is 6.19.